The molecule has 1 amide bonds. The minimum absolute atomic E-state index is 0.0154. The lowest BCUT2D eigenvalue weighted by Crippen LogP contribution is -2.55. The third-order valence-corrected chi connectivity index (χ3v) is 8.64. The van der Waals surface area contributed by atoms with Crippen LogP contribution in [0, 0.1) is 5.92 Å². The second kappa shape index (κ2) is 7.09. The number of carboxylic acid groups (broad SMARTS) is 1. The van der Waals surface area contributed by atoms with Gasteiger partial charge in [-0.3, -0.25) is 4.79 Å². The predicted molar refractivity (Wildman–Crippen MR) is 110 cm³/mol. The van der Waals surface area contributed by atoms with Gasteiger partial charge in [0.1, 0.15) is 6.61 Å². The van der Waals surface area contributed by atoms with Crippen LogP contribution < -0.4 is 0 Å². The number of ether oxygens (including phenoxy) is 1. The van der Waals surface area contributed by atoms with Gasteiger partial charge >= 0.3 is 12.1 Å². The Morgan fingerprint density at radius 3 is 2.21 bits per heavy atom. The summed E-state index contributed by atoms with van der Waals surface area (Å²) < 4.78 is 5.72. The van der Waals surface area contributed by atoms with Crippen molar-refractivity contribution in [3.05, 3.63) is 59.7 Å². The molecule has 2 aromatic rings. The molecule has 2 aromatic carbocycles. The van der Waals surface area contributed by atoms with E-state index in [2.05, 4.69) is 37.4 Å². The van der Waals surface area contributed by atoms with Gasteiger partial charge in [-0.05, 0) is 28.3 Å². The maximum Gasteiger partial charge on any atom is 0.409 e. The first-order valence-corrected chi connectivity index (χ1v) is 13.1. The average Bonchev–Trinajstić information content (AvgIpc) is 2.99. The van der Waals surface area contributed by atoms with Crippen LogP contribution in [-0.2, 0) is 9.53 Å². The van der Waals surface area contributed by atoms with Crippen molar-refractivity contribution in [2.45, 2.75) is 25.1 Å². The van der Waals surface area contributed by atoms with Crippen LogP contribution >= 0.6 is 0 Å². The Bertz CT molecular complexity index is 881. The Hall–Kier alpha value is -2.60. The van der Waals surface area contributed by atoms with E-state index in [4.69, 9.17) is 4.74 Å². The molecule has 6 heteroatoms. The largest absolute Gasteiger partial charge is 0.481 e. The van der Waals surface area contributed by atoms with Gasteiger partial charge in [0.25, 0.3) is 0 Å². The molecule has 0 radical (unpaired) electrons. The molecule has 1 unspecified atom stereocenters. The normalized spacial score (nSPS) is 20.4. The molecular weight excluding hydrogens is 370 g/mol. The van der Waals surface area contributed by atoms with Crippen molar-refractivity contribution in [3.63, 3.8) is 0 Å². The molecule has 1 heterocycles. The summed E-state index contributed by atoms with van der Waals surface area (Å²) in [5, 5.41) is 9.43. The summed E-state index contributed by atoms with van der Waals surface area (Å²) >= 11 is 0. The second-order valence-corrected chi connectivity index (χ2v) is 13.6. The molecule has 1 aliphatic carbocycles. The van der Waals surface area contributed by atoms with E-state index < -0.39 is 26.1 Å². The van der Waals surface area contributed by atoms with Crippen molar-refractivity contribution in [2.75, 3.05) is 19.3 Å². The van der Waals surface area contributed by atoms with Crippen LogP contribution in [0.25, 0.3) is 11.1 Å². The molecule has 0 aromatic heterocycles. The van der Waals surface area contributed by atoms with Gasteiger partial charge in [-0.1, -0.05) is 61.6 Å². The number of hydrogen-bond acceptors (Lipinski definition) is 3. The topological polar surface area (TPSA) is 66.8 Å². The number of fused-ring (bicyclic) bond motifs is 3. The molecule has 5 nitrogen and oxygen atoms in total. The highest BCUT2D eigenvalue weighted by Crippen LogP contribution is 2.44. The molecule has 1 atom stereocenters. The molecule has 1 fully saturated rings. The molecule has 146 valence electrons. The Morgan fingerprint density at radius 1 is 1.07 bits per heavy atom. The first kappa shape index (κ1) is 18.7. The lowest BCUT2D eigenvalue weighted by molar-refractivity contribution is -0.141. The van der Waals surface area contributed by atoms with E-state index in [1.54, 1.807) is 4.90 Å². The molecule has 0 spiro atoms. The zero-order valence-corrected chi connectivity index (χ0v) is 17.2. The van der Waals surface area contributed by atoms with Crippen molar-refractivity contribution < 1.29 is 19.4 Å². The Labute approximate surface area is 165 Å². The average molecular weight is 396 g/mol. The fraction of sp³-hybridized carbons (Fsp3) is 0.364. The Kier molecular flexibility index (Phi) is 4.75. The quantitative estimate of drug-likeness (QED) is 0.791. The SMILES string of the molecule is C[Si]1(C)CC(C(=O)O)CN(C(=O)OCC2c3ccccc3-c3ccccc32)C1. The standard InChI is InChI=1S/C22H25NO4Si/c1-28(2)13-15(21(24)25)11-23(14-28)22(26)27-12-20-18-9-5-3-7-16(18)17-8-4-6-10-19(17)20/h3-10,15,20H,11-14H2,1-2H3,(H,24,25). The van der Waals surface area contributed by atoms with Crippen molar-refractivity contribution in [3.8, 4) is 11.1 Å². The summed E-state index contributed by atoms with van der Waals surface area (Å²) in [6.07, 6.45) is 0.251. The summed E-state index contributed by atoms with van der Waals surface area (Å²) in [4.78, 5) is 25.9. The molecule has 4 rings (SSSR count). The van der Waals surface area contributed by atoms with Crippen LogP contribution in [0.15, 0.2) is 48.5 Å². The predicted octanol–water partition coefficient (Wildman–Crippen LogP) is 4.20. The van der Waals surface area contributed by atoms with Crippen LogP contribution in [-0.4, -0.2) is 49.5 Å². The van der Waals surface area contributed by atoms with Crippen molar-refractivity contribution in [1.82, 2.24) is 4.90 Å². The lowest BCUT2D eigenvalue weighted by Gasteiger charge is -2.39. The number of rotatable bonds is 3. The fourth-order valence-electron chi connectivity index (χ4n) is 4.63. The summed E-state index contributed by atoms with van der Waals surface area (Å²) in [5.41, 5.74) is 4.73. The van der Waals surface area contributed by atoms with E-state index in [0.29, 0.717) is 12.2 Å². The zero-order chi connectivity index (χ0) is 19.9. The van der Waals surface area contributed by atoms with Gasteiger partial charge in [-0.25, -0.2) is 4.79 Å². The van der Waals surface area contributed by atoms with Gasteiger partial charge in [0, 0.05) is 18.6 Å². The van der Waals surface area contributed by atoms with Gasteiger partial charge in [-0.2, -0.15) is 0 Å². The number of nitrogens with zero attached hydrogens (tertiary/aromatic N) is 1. The van der Waals surface area contributed by atoms with E-state index in [0.717, 1.165) is 0 Å². The van der Waals surface area contributed by atoms with E-state index in [9.17, 15) is 14.7 Å². The molecular formula is C22H25NO4Si. The molecule has 2 aliphatic rings. The molecule has 1 aliphatic heterocycles. The first-order chi connectivity index (χ1) is 13.4. The number of hydrogen-bond donors (Lipinski definition) is 1. The Balaban J connectivity index is 1.50. The second-order valence-electron chi connectivity index (χ2n) is 8.59. The summed E-state index contributed by atoms with van der Waals surface area (Å²) in [6, 6.07) is 17.2. The molecule has 1 saturated heterocycles. The van der Waals surface area contributed by atoms with Crippen molar-refractivity contribution in [2.24, 2.45) is 5.92 Å². The number of carboxylic acids is 1. The zero-order valence-electron chi connectivity index (χ0n) is 16.2. The van der Waals surface area contributed by atoms with Crippen LogP contribution in [0.1, 0.15) is 17.0 Å². The third-order valence-electron chi connectivity index (χ3n) is 5.80. The minimum atomic E-state index is -1.77. The number of carbonyl (C=O) groups excluding carboxylic acids is 1. The summed E-state index contributed by atoms with van der Waals surface area (Å²) in [6.45, 7) is 4.77. The molecule has 28 heavy (non-hydrogen) atoms. The van der Waals surface area contributed by atoms with E-state index in [-0.39, 0.29) is 19.1 Å². The summed E-state index contributed by atoms with van der Waals surface area (Å²) in [5.74, 6) is -1.30. The highest BCUT2D eigenvalue weighted by Gasteiger charge is 2.40. The smallest absolute Gasteiger partial charge is 0.409 e. The summed E-state index contributed by atoms with van der Waals surface area (Å²) in [7, 11) is -1.77. The van der Waals surface area contributed by atoms with Crippen molar-refractivity contribution in [1.29, 1.82) is 0 Å². The highest BCUT2D eigenvalue weighted by molar-refractivity contribution is 6.78. The van der Waals surface area contributed by atoms with E-state index in [1.165, 1.54) is 22.3 Å². The van der Waals surface area contributed by atoms with E-state index in [1.807, 2.05) is 24.3 Å². The maximum absolute atomic E-state index is 12.8. The Morgan fingerprint density at radius 2 is 1.64 bits per heavy atom. The van der Waals surface area contributed by atoms with Crippen LogP contribution in [0.4, 0.5) is 4.79 Å². The lowest BCUT2D eigenvalue weighted by atomic mass is 9.98. The minimum Gasteiger partial charge on any atom is -0.481 e. The highest BCUT2D eigenvalue weighted by atomic mass is 28.3. The van der Waals surface area contributed by atoms with Crippen molar-refractivity contribution >= 4 is 20.1 Å². The maximum atomic E-state index is 12.8. The van der Waals surface area contributed by atoms with E-state index >= 15 is 0 Å². The molecule has 0 saturated carbocycles. The number of carbonyl (C=O) groups is 2. The van der Waals surface area contributed by atoms with Gasteiger partial charge in [0.15, 0.2) is 0 Å². The van der Waals surface area contributed by atoms with Gasteiger partial charge < -0.3 is 14.7 Å². The van der Waals surface area contributed by atoms with Crippen LogP contribution in [0.3, 0.4) is 0 Å². The van der Waals surface area contributed by atoms with Gasteiger partial charge in [-0.15, -0.1) is 0 Å². The number of aliphatic carboxylic acids is 1. The molecule has 0 bridgehead atoms. The monoisotopic (exact) mass is 395 g/mol. The van der Waals surface area contributed by atoms with Crippen LogP contribution in [0.2, 0.25) is 19.1 Å². The number of amides is 1. The van der Waals surface area contributed by atoms with Gasteiger partial charge in [0.2, 0.25) is 0 Å². The fourth-order valence-corrected chi connectivity index (χ4v) is 7.69. The first-order valence-electron chi connectivity index (χ1n) is 9.68. The molecule has 1 N–H and O–H groups in total. The van der Waals surface area contributed by atoms with Crippen LogP contribution in [0.5, 0.6) is 0 Å². The third kappa shape index (κ3) is 3.44. The van der Waals surface area contributed by atoms with Gasteiger partial charge in [0.05, 0.1) is 14.0 Å². The number of benzene rings is 2.